The molecular formula is C17H26N4O2. The van der Waals surface area contributed by atoms with Crippen LogP contribution in [-0.2, 0) is 9.53 Å². The van der Waals surface area contributed by atoms with E-state index in [1.807, 2.05) is 29.3 Å². The number of hydrogen-bond acceptors (Lipinski definition) is 5. The van der Waals surface area contributed by atoms with Crippen LogP contribution in [0.2, 0.25) is 0 Å². The van der Waals surface area contributed by atoms with E-state index in [9.17, 15) is 4.79 Å². The minimum Gasteiger partial charge on any atom is -0.376 e. The minimum atomic E-state index is 0.268. The molecule has 2 saturated heterocycles. The number of pyridine rings is 1. The molecule has 0 bridgehead atoms. The van der Waals surface area contributed by atoms with Crippen molar-refractivity contribution in [1.82, 2.24) is 14.8 Å². The summed E-state index contributed by atoms with van der Waals surface area (Å²) in [6, 6.07) is 5.95. The summed E-state index contributed by atoms with van der Waals surface area (Å²) in [5.74, 6) is 1.27. The SMILES string of the molecule is CC1CN(CCC(=O)N2CCN(c3ccccn3)CC2)CCO1. The molecule has 1 aromatic heterocycles. The van der Waals surface area contributed by atoms with Crippen molar-refractivity contribution in [3.63, 3.8) is 0 Å². The first kappa shape index (κ1) is 16.2. The summed E-state index contributed by atoms with van der Waals surface area (Å²) < 4.78 is 5.54. The van der Waals surface area contributed by atoms with E-state index in [0.29, 0.717) is 6.42 Å². The van der Waals surface area contributed by atoms with Gasteiger partial charge >= 0.3 is 0 Å². The lowest BCUT2D eigenvalue weighted by molar-refractivity contribution is -0.132. The van der Waals surface area contributed by atoms with Crippen molar-refractivity contribution < 1.29 is 9.53 Å². The number of carbonyl (C=O) groups is 1. The van der Waals surface area contributed by atoms with Crippen molar-refractivity contribution in [1.29, 1.82) is 0 Å². The number of piperazine rings is 1. The van der Waals surface area contributed by atoms with Crippen molar-refractivity contribution in [2.75, 3.05) is 57.3 Å². The van der Waals surface area contributed by atoms with Crippen molar-refractivity contribution in [2.24, 2.45) is 0 Å². The van der Waals surface area contributed by atoms with Gasteiger partial charge in [-0.05, 0) is 19.1 Å². The fourth-order valence-corrected chi connectivity index (χ4v) is 3.23. The molecule has 0 aromatic carbocycles. The molecule has 2 aliphatic heterocycles. The van der Waals surface area contributed by atoms with Crippen LogP contribution in [0, 0.1) is 0 Å². The quantitative estimate of drug-likeness (QED) is 0.823. The summed E-state index contributed by atoms with van der Waals surface area (Å²) in [6.07, 6.45) is 2.70. The van der Waals surface area contributed by atoms with Gasteiger partial charge in [-0.15, -0.1) is 0 Å². The molecule has 0 radical (unpaired) electrons. The number of carbonyl (C=O) groups excluding carboxylic acids is 1. The van der Waals surface area contributed by atoms with Gasteiger partial charge in [0.1, 0.15) is 5.82 Å². The third-order valence-corrected chi connectivity index (χ3v) is 4.57. The topological polar surface area (TPSA) is 48.9 Å². The number of anilines is 1. The van der Waals surface area contributed by atoms with E-state index >= 15 is 0 Å². The number of aromatic nitrogens is 1. The van der Waals surface area contributed by atoms with Crippen LogP contribution in [0.25, 0.3) is 0 Å². The minimum absolute atomic E-state index is 0.268. The van der Waals surface area contributed by atoms with Crippen LogP contribution in [0.3, 0.4) is 0 Å². The fraction of sp³-hybridized carbons (Fsp3) is 0.647. The number of morpholine rings is 1. The largest absolute Gasteiger partial charge is 0.376 e. The van der Waals surface area contributed by atoms with E-state index < -0.39 is 0 Å². The van der Waals surface area contributed by atoms with Gasteiger partial charge in [0.15, 0.2) is 0 Å². The zero-order chi connectivity index (χ0) is 16.1. The van der Waals surface area contributed by atoms with Crippen LogP contribution in [0.4, 0.5) is 5.82 Å². The molecule has 6 nitrogen and oxygen atoms in total. The molecule has 2 fully saturated rings. The molecule has 2 aliphatic rings. The van der Waals surface area contributed by atoms with Crippen LogP contribution in [-0.4, -0.2) is 79.2 Å². The Labute approximate surface area is 138 Å². The molecule has 23 heavy (non-hydrogen) atoms. The van der Waals surface area contributed by atoms with Crippen LogP contribution in [0.15, 0.2) is 24.4 Å². The molecule has 3 heterocycles. The Balaban J connectivity index is 1.41. The molecule has 6 heteroatoms. The Hall–Kier alpha value is -1.66. The lowest BCUT2D eigenvalue weighted by atomic mass is 10.2. The third kappa shape index (κ3) is 4.42. The highest BCUT2D eigenvalue weighted by molar-refractivity contribution is 5.76. The summed E-state index contributed by atoms with van der Waals surface area (Å²) in [5.41, 5.74) is 0. The molecule has 1 unspecified atom stereocenters. The van der Waals surface area contributed by atoms with Crippen molar-refractivity contribution in [2.45, 2.75) is 19.4 Å². The summed E-state index contributed by atoms with van der Waals surface area (Å²) in [7, 11) is 0. The average molecular weight is 318 g/mol. The van der Waals surface area contributed by atoms with E-state index in [0.717, 1.165) is 58.2 Å². The molecule has 0 spiro atoms. The molecule has 0 N–H and O–H groups in total. The van der Waals surface area contributed by atoms with Gasteiger partial charge in [0.2, 0.25) is 5.91 Å². The van der Waals surface area contributed by atoms with Gasteiger partial charge in [-0.1, -0.05) is 6.07 Å². The van der Waals surface area contributed by atoms with Gasteiger partial charge in [-0.25, -0.2) is 4.98 Å². The number of rotatable bonds is 4. The highest BCUT2D eigenvalue weighted by Crippen LogP contribution is 2.13. The first-order valence-electron chi connectivity index (χ1n) is 8.50. The predicted octanol–water partition coefficient (Wildman–Crippen LogP) is 0.841. The predicted molar refractivity (Wildman–Crippen MR) is 89.5 cm³/mol. The summed E-state index contributed by atoms with van der Waals surface area (Å²) in [6.45, 7) is 8.86. The molecule has 0 saturated carbocycles. The van der Waals surface area contributed by atoms with E-state index in [1.54, 1.807) is 0 Å². The van der Waals surface area contributed by atoms with Crippen LogP contribution in [0.5, 0.6) is 0 Å². The second-order valence-corrected chi connectivity index (χ2v) is 6.29. The molecule has 1 atom stereocenters. The molecular weight excluding hydrogens is 292 g/mol. The monoisotopic (exact) mass is 318 g/mol. The average Bonchev–Trinajstić information content (AvgIpc) is 2.61. The molecule has 126 valence electrons. The maximum atomic E-state index is 12.4. The molecule has 0 aliphatic carbocycles. The number of hydrogen-bond donors (Lipinski definition) is 0. The number of nitrogens with zero attached hydrogens (tertiary/aromatic N) is 4. The summed E-state index contributed by atoms with van der Waals surface area (Å²) >= 11 is 0. The standard InChI is InChI=1S/C17H26N4O2/c1-15-14-19(12-13-23-15)7-5-17(22)21-10-8-20(9-11-21)16-4-2-3-6-18-16/h2-4,6,15H,5,7-14H2,1H3. The smallest absolute Gasteiger partial charge is 0.223 e. The van der Waals surface area contributed by atoms with E-state index in [2.05, 4.69) is 21.7 Å². The van der Waals surface area contributed by atoms with Crippen molar-refractivity contribution in [3.8, 4) is 0 Å². The lowest BCUT2D eigenvalue weighted by Crippen LogP contribution is -2.50. The molecule has 3 rings (SSSR count). The lowest BCUT2D eigenvalue weighted by Gasteiger charge is -2.36. The normalized spacial score (nSPS) is 23.1. The van der Waals surface area contributed by atoms with Gasteiger partial charge in [0.25, 0.3) is 0 Å². The number of ether oxygens (including phenoxy) is 1. The summed E-state index contributed by atoms with van der Waals surface area (Å²) in [4.78, 5) is 23.3. The van der Waals surface area contributed by atoms with E-state index in [4.69, 9.17) is 4.74 Å². The maximum absolute atomic E-state index is 12.4. The van der Waals surface area contributed by atoms with Crippen LogP contribution in [0.1, 0.15) is 13.3 Å². The van der Waals surface area contributed by atoms with Gasteiger partial charge in [-0.3, -0.25) is 9.69 Å². The summed E-state index contributed by atoms with van der Waals surface area (Å²) in [5, 5.41) is 0. The van der Waals surface area contributed by atoms with Crippen LogP contribution < -0.4 is 4.90 Å². The Kier molecular flexibility index (Phi) is 5.46. The van der Waals surface area contributed by atoms with Gasteiger partial charge in [-0.2, -0.15) is 0 Å². The highest BCUT2D eigenvalue weighted by atomic mass is 16.5. The van der Waals surface area contributed by atoms with Crippen molar-refractivity contribution >= 4 is 11.7 Å². The zero-order valence-electron chi connectivity index (χ0n) is 13.9. The Bertz CT molecular complexity index is 503. The zero-order valence-corrected chi connectivity index (χ0v) is 13.9. The number of amides is 1. The Morgan fingerprint density at radius 3 is 2.78 bits per heavy atom. The second kappa shape index (κ2) is 7.75. The van der Waals surface area contributed by atoms with Crippen LogP contribution >= 0.6 is 0 Å². The van der Waals surface area contributed by atoms with Gasteiger partial charge < -0.3 is 14.5 Å². The van der Waals surface area contributed by atoms with Gasteiger partial charge in [0, 0.05) is 58.4 Å². The Morgan fingerprint density at radius 2 is 2.09 bits per heavy atom. The first-order valence-corrected chi connectivity index (χ1v) is 8.50. The molecule has 1 amide bonds. The Morgan fingerprint density at radius 1 is 1.26 bits per heavy atom. The first-order chi connectivity index (χ1) is 11.2. The van der Waals surface area contributed by atoms with E-state index in [1.165, 1.54) is 0 Å². The van der Waals surface area contributed by atoms with Crippen molar-refractivity contribution in [3.05, 3.63) is 24.4 Å². The van der Waals surface area contributed by atoms with E-state index in [-0.39, 0.29) is 12.0 Å². The second-order valence-electron chi connectivity index (χ2n) is 6.29. The van der Waals surface area contributed by atoms with Gasteiger partial charge in [0.05, 0.1) is 12.7 Å². The highest BCUT2D eigenvalue weighted by Gasteiger charge is 2.23. The third-order valence-electron chi connectivity index (χ3n) is 4.57. The maximum Gasteiger partial charge on any atom is 0.223 e. The fourth-order valence-electron chi connectivity index (χ4n) is 3.23. The molecule has 1 aromatic rings.